The van der Waals surface area contributed by atoms with Gasteiger partial charge in [-0.25, -0.2) is 4.79 Å². The molecule has 2 heterocycles. The lowest BCUT2D eigenvalue weighted by molar-refractivity contribution is -0.135. The molecule has 8 heteroatoms. The Kier molecular flexibility index (Phi) is 15.2. The van der Waals surface area contributed by atoms with Crippen LogP contribution in [0.4, 0.5) is 0 Å². The van der Waals surface area contributed by atoms with Gasteiger partial charge in [0.05, 0.1) is 11.5 Å². The highest BCUT2D eigenvalue weighted by Crippen LogP contribution is 2.55. The van der Waals surface area contributed by atoms with Crippen LogP contribution in [0.3, 0.4) is 0 Å². The molecule has 0 bridgehead atoms. The van der Waals surface area contributed by atoms with Crippen LogP contribution in [0.1, 0.15) is 162 Å². The van der Waals surface area contributed by atoms with Crippen molar-refractivity contribution in [1.82, 2.24) is 0 Å². The Balaban J connectivity index is 0.000000475. The van der Waals surface area contributed by atoms with Crippen LogP contribution < -0.4 is 9.47 Å². The van der Waals surface area contributed by atoms with Crippen LogP contribution in [0, 0.1) is 23.7 Å². The molecule has 1 fully saturated rings. The van der Waals surface area contributed by atoms with Gasteiger partial charge in [0.2, 0.25) is 0 Å². The van der Waals surface area contributed by atoms with E-state index in [1.165, 1.54) is 50.3 Å². The zero-order valence-corrected chi connectivity index (χ0v) is 35.2. The van der Waals surface area contributed by atoms with Gasteiger partial charge in [0.25, 0.3) is 0 Å². The fraction of sp³-hybridized carbons (Fsp3) is 0.630. The number of Topliss-reactive ketones (excluding diaryl/α,β-unsaturated/α-hetero) is 2. The smallest absolute Gasteiger partial charge is 0.330 e. The van der Waals surface area contributed by atoms with Crippen molar-refractivity contribution < 1.29 is 39.2 Å². The van der Waals surface area contributed by atoms with E-state index in [2.05, 4.69) is 74.5 Å². The van der Waals surface area contributed by atoms with Crippen LogP contribution in [-0.2, 0) is 16.0 Å². The maximum absolute atomic E-state index is 14.6. The lowest BCUT2D eigenvalue weighted by atomic mass is 9.63. The number of phenolic OH excluding ortho intramolecular Hbond substituents is 1. The summed E-state index contributed by atoms with van der Waals surface area (Å²) < 4.78 is 13.8. The minimum Gasteiger partial charge on any atom is -0.506 e. The largest absolute Gasteiger partial charge is 0.506 e. The second kappa shape index (κ2) is 18.3. The summed E-state index contributed by atoms with van der Waals surface area (Å²) >= 11 is 0. The molecular formula is C46H68O8. The van der Waals surface area contributed by atoms with Gasteiger partial charge in [0.15, 0.2) is 11.6 Å². The van der Waals surface area contributed by atoms with E-state index >= 15 is 0 Å². The number of hydrogen-bond acceptors (Lipinski definition) is 7. The number of fused-ring (bicyclic) bond motifs is 2. The molecule has 54 heavy (non-hydrogen) atoms. The van der Waals surface area contributed by atoms with Crippen molar-refractivity contribution in [2.24, 2.45) is 23.7 Å². The number of hydrogen-bond donors (Lipinski definition) is 3. The first-order valence-electron chi connectivity index (χ1n) is 20.1. The predicted octanol–water partition coefficient (Wildman–Crippen LogP) is 10.8. The average molecular weight is 749 g/mol. The summed E-state index contributed by atoms with van der Waals surface area (Å²) in [7, 11) is 0. The second-order valence-electron chi connectivity index (χ2n) is 17.3. The molecule has 5 atom stereocenters. The number of carboxylic acid groups (broad SMARTS) is 1. The first-order valence-corrected chi connectivity index (χ1v) is 20.1. The normalized spacial score (nSPS) is 24.1. The Morgan fingerprint density at radius 3 is 2.11 bits per heavy atom. The molecule has 1 aliphatic carbocycles. The third-order valence-electron chi connectivity index (χ3n) is 12.0. The molecule has 1 aromatic rings. The SMILES string of the molecule is CC(C)=CCCC1(C)C=Cc2c(O)c3c(c(CC=C(C)C)c2O1)OC(C)(C(C)C)C(C(C)C1CCCCC1)C3=O.CCC(=O)C(C)(O)C/C=C(/C)C(=O)O. The van der Waals surface area contributed by atoms with Crippen molar-refractivity contribution in [1.29, 1.82) is 0 Å². The number of aliphatic hydroxyl groups is 1. The highest BCUT2D eigenvalue weighted by atomic mass is 16.5. The molecule has 0 amide bonds. The third kappa shape index (κ3) is 10.3. The fourth-order valence-electron chi connectivity index (χ4n) is 7.98. The predicted molar refractivity (Wildman–Crippen MR) is 217 cm³/mol. The van der Waals surface area contributed by atoms with Crippen LogP contribution in [0.25, 0.3) is 6.08 Å². The Morgan fingerprint density at radius 1 is 0.963 bits per heavy atom. The highest BCUT2D eigenvalue weighted by molar-refractivity contribution is 6.07. The van der Waals surface area contributed by atoms with Gasteiger partial charge in [-0.3, -0.25) is 9.59 Å². The van der Waals surface area contributed by atoms with Crippen LogP contribution in [0.15, 0.2) is 41.0 Å². The molecule has 2 aliphatic heterocycles. The summed E-state index contributed by atoms with van der Waals surface area (Å²) in [6.07, 6.45) is 18.4. The van der Waals surface area contributed by atoms with E-state index in [0.29, 0.717) is 35.0 Å². The first-order chi connectivity index (χ1) is 25.1. The molecule has 3 aliphatic rings. The lowest BCUT2D eigenvalue weighted by Gasteiger charge is -2.49. The van der Waals surface area contributed by atoms with Gasteiger partial charge < -0.3 is 24.8 Å². The summed E-state index contributed by atoms with van der Waals surface area (Å²) in [6.45, 7) is 23.6. The number of carbonyl (C=O) groups excluding carboxylic acids is 2. The molecule has 1 aromatic carbocycles. The number of ketones is 2. The number of phenols is 1. The molecule has 4 rings (SSSR count). The summed E-state index contributed by atoms with van der Waals surface area (Å²) in [6, 6.07) is 0. The average Bonchev–Trinajstić information content (AvgIpc) is 3.09. The van der Waals surface area contributed by atoms with Gasteiger partial charge in [-0.05, 0) is 105 Å². The maximum atomic E-state index is 14.6. The monoisotopic (exact) mass is 748 g/mol. The molecule has 5 unspecified atom stereocenters. The molecule has 1 saturated carbocycles. The standard InChI is InChI=1S/C36H52O4.C10H16O4/c1-22(2)14-13-20-35(8)21-19-27-31(37)29-32(38)30(25(7)26-15-11-10-12-16-26)36(9,24(5)6)40-34(29)28(33(27)39-35)18-17-23(3)4;1-4-8(11)10(3,14)6-5-7(2)9(12)13/h14,17,19,21,24-26,30,37H,10-13,15-16,18,20H2,1-9H3;5,14H,4,6H2,1-3H3,(H,12,13)/b;7-5-. The Morgan fingerprint density at radius 2 is 1.57 bits per heavy atom. The molecule has 0 radical (unpaired) electrons. The number of ether oxygens (including phenoxy) is 2. The molecule has 0 saturated heterocycles. The number of rotatable bonds is 13. The van der Waals surface area contributed by atoms with E-state index in [4.69, 9.17) is 14.6 Å². The van der Waals surface area contributed by atoms with Crippen LogP contribution in [-0.4, -0.2) is 49.7 Å². The molecule has 300 valence electrons. The molecule has 0 spiro atoms. The van der Waals surface area contributed by atoms with Crippen molar-refractivity contribution in [3.05, 3.63) is 57.7 Å². The number of carboxylic acids is 1. The van der Waals surface area contributed by atoms with Gasteiger partial charge in [0, 0.05) is 24.0 Å². The summed E-state index contributed by atoms with van der Waals surface area (Å²) in [5, 5.41) is 29.9. The number of aromatic hydroxyl groups is 1. The van der Waals surface area contributed by atoms with Gasteiger partial charge in [-0.15, -0.1) is 0 Å². The molecule has 8 nitrogen and oxygen atoms in total. The fourth-order valence-corrected chi connectivity index (χ4v) is 7.98. The van der Waals surface area contributed by atoms with Crippen molar-refractivity contribution in [3.63, 3.8) is 0 Å². The topological polar surface area (TPSA) is 130 Å². The van der Waals surface area contributed by atoms with Crippen molar-refractivity contribution in [2.75, 3.05) is 0 Å². The van der Waals surface area contributed by atoms with E-state index in [-0.39, 0.29) is 53.5 Å². The highest BCUT2D eigenvalue weighted by Gasteiger charge is 2.54. The molecular weight excluding hydrogens is 680 g/mol. The second-order valence-corrected chi connectivity index (χ2v) is 17.3. The Labute approximate surface area is 324 Å². The van der Waals surface area contributed by atoms with E-state index in [1.807, 2.05) is 12.2 Å². The molecule has 3 N–H and O–H groups in total. The summed E-state index contributed by atoms with van der Waals surface area (Å²) in [5.41, 5.74) is 1.77. The quantitative estimate of drug-likeness (QED) is 0.134. The lowest BCUT2D eigenvalue weighted by Crippen LogP contribution is -2.55. The van der Waals surface area contributed by atoms with Gasteiger partial charge in [-0.2, -0.15) is 0 Å². The van der Waals surface area contributed by atoms with E-state index in [1.54, 1.807) is 6.92 Å². The van der Waals surface area contributed by atoms with Crippen molar-refractivity contribution in [3.8, 4) is 17.2 Å². The van der Waals surface area contributed by atoms with Crippen LogP contribution in [0.5, 0.6) is 17.2 Å². The summed E-state index contributed by atoms with van der Waals surface area (Å²) in [4.78, 5) is 36.2. The third-order valence-corrected chi connectivity index (χ3v) is 12.0. The van der Waals surface area contributed by atoms with Crippen LogP contribution in [0.2, 0.25) is 0 Å². The zero-order valence-electron chi connectivity index (χ0n) is 35.2. The zero-order chi connectivity index (χ0) is 40.8. The van der Waals surface area contributed by atoms with E-state index in [9.17, 15) is 24.6 Å². The van der Waals surface area contributed by atoms with Crippen molar-refractivity contribution in [2.45, 2.75) is 164 Å². The van der Waals surface area contributed by atoms with E-state index < -0.39 is 22.8 Å². The maximum Gasteiger partial charge on any atom is 0.330 e. The summed E-state index contributed by atoms with van der Waals surface area (Å²) in [5.74, 6) is 0.353. The number of allylic oxidation sites excluding steroid dienone is 4. The number of aliphatic carboxylic acids is 1. The minimum absolute atomic E-state index is 0.00481. The first kappa shape index (κ1) is 44.7. The number of carbonyl (C=O) groups is 3. The minimum atomic E-state index is -1.45. The number of benzene rings is 1. The van der Waals surface area contributed by atoms with Crippen molar-refractivity contribution >= 4 is 23.6 Å². The van der Waals surface area contributed by atoms with Crippen LogP contribution >= 0.6 is 0 Å². The van der Waals surface area contributed by atoms with E-state index in [0.717, 1.165) is 31.2 Å². The molecule has 0 aromatic heterocycles. The van der Waals surface area contributed by atoms with Gasteiger partial charge >= 0.3 is 5.97 Å². The van der Waals surface area contributed by atoms with Gasteiger partial charge in [0.1, 0.15) is 39.6 Å². The van der Waals surface area contributed by atoms with Gasteiger partial charge in [-0.1, -0.05) is 89.2 Å². The Bertz CT molecular complexity index is 1660. The Hall–Kier alpha value is -3.65.